The van der Waals surface area contributed by atoms with Crippen LogP contribution in [0.5, 0.6) is 0 Å². The zero-order chi connectivity index (χ0) is 10.6. The molecule has 14 heavy (non-hydrogen) atoms. The van der Waals surface area contributed by atoms with Crippen LogP contribution in [0.25, 0.3) is 0 Å². The van der Waals surface area contributed by atoms with E-state index >= 15 is 0 Å². The summed E-state index contributed by atoms with van der Waals surface area (Å²) in [5.41, 5.74) is 0. The topological polar surface area (TPSA) is 12.0 Å². The van der Waals surface area contributed by atoms with Gasteiger partial charge >= 0.3 is 0 Å². The molecule has 1 nitrogen and oxygen atoms in total. The zero-order valence-corrected chi connectivity index (χ0v) is 9.72. The van der Waals surface area contributed by atoms with Gasteiger partial charge in [-0.25, -0.2) is 0 Å². The summed E-state index contributed by atoms with van der Waals surface area (Å²) in [7, 11) is 0. The molecule has 0 aromatic heterocycles. The lowest BCUT2D eigenvalue weighted by Crippen LogP contribution is -2.46. The number of hydrogen-bond acceptors (Lipinski definition) is 1. The van der Waals surface area contributed by atoms with Gasteiger partial charge in [0.05, 0.1) is 0 Å². The third-order valence-corrected chi connectivity index (χ3v) is 3.45. The van der Waals surface area contributed by atoms with Crippen molar-refractivity contribution < 1.29 is 0 Å². The van der Waals surface area contributed by atoms with Crippen molar-refractivity contribution in [2.45, 2.75) is 58.5 Å². The highest BCUT2D eigenvalue weighted by molar-refractivity contribution is 4.91. The van der Waals surface area contributed by atoms with Gasteiger partial charge in [-0.2, -0.15) is 0 Å². The van der Waals surface area contributed by atoms with Gasteiger partial charge in [-0.15, -0.1) is 12.3 Å². The Bertz CT molecular complexity index is 194. The van der Waals surface area contributed by atoms with Gasteiger partial charge in [0, 0.05) is 18.5 Å². The van der Waals surface area contributed by atoms with E-state index in [9.17, 15) is 0 Å². The summed E-state index contributed by atoms with van der Waals surface area (Å²) in [4.78, 5) is 0. The first-order valence-electron chi connectivity index (χ1n) is 5.84. The Morgan fingerprint density at radius 3 is 2.43 bits per heavy atom. The molecule has 1 saturated carbocycles. The van der Waals surface area contributed by atoms with Crippen molar-refractivity contribution >= 4 is 0 Å². The van der Waals surface area contributed by atoms with Crippen LogP contribution in [0.4, 0.5) is 0 Å². The number of nitrogens with one attached hydrogen (secondary N) is 1. The lowest BCUT2D eigenvalue weighted by atomic mass is 9.78. The quantitative estimate of drug-likeness (QED) is 0.680. The molecule has 80 valence electrons. The van der Waals surface area contributed by atoms with Crippen molar-refractivity contribution in [1.29, 1.82) is 0 Å². The number of terminal acetylenes is 1. The lowest BCUT2D eigenvalue weighted by molar-refractivity contribution is 0.196. The Kier molecular flexibility index (Phi) is 4.48. The predicted molar refractivity (Wildman–Crippen MR) is 62.0 cm³/mol. The average molecular weight is 193 g/mol. The van der Waals surface area contributed by atoms with Crippen molar-refractivity contribution in [2.24, 2.45) is 11.8 Å². The summed E-state index contributed by atoms with van der Waals surface area (Å²) >= 11 is 0. The molecule has 0 radical (unpaired) electrons. The minimum atomic E-state index is 0.466. The molecule has 0 aromatic rings. The molecule has 1 rings (SSSR count). The second-order valence-corrected chi connectivity index (χ2v) is 4.89. The highest BCUT2D eigenvalue weighted by Crippen LogP contribution is 2.29. The summed E-state index contributed by atoms with van der Waals surface area (Å²) in [6, 6.07) is 1.14. The Morgan fingerprint density at radius 1 is 1.36 bits per heavy atom. The second kappa shape index (κ2) is 5.41. The minimum absolute atomic E-state index is 0.466. The smallest absolute Gasteiger partial charge is 0.0238 e. The number of rotatable bonds is 3. The van der Waals surface area contributed by atoms with Gasteiger partial charge in [-0.3, -0.25) is 0 Å². The highest BCUT2D eigenvalue weighted by Gasteiger charge is 2.27. The van der Waals surface area contributed by atoms with E-state index in [1.165, 1.54) is 19.3 Å². The van der Waals surface area contributed by atoms with Gasteiger partial charge in [0.25, 0.3) is 0 Å². The van der Waals surface area contributed by atoms with Crippen molar-refractivity contribution in [1.82, 2.24) is 5.32 Å². The molecule has 0 spiro atoms. The van der Waals surface area contributed by atoms with Gasteiger partial charge < -0.3 is 5.32 Å². The van der Waals surface area contributed by atoms with Gasteiger partial charge in [0.15, 0.2) is 0 Å². The standard InChI is InChI=1S/C13H23N/c1-5-7-12(4)14-13-10(2)8-6-9-11(13)3/h1,10-14H,6-9H2,2-4H3. The second-order valence-electron chi connectivity index (χ2n) is 4.89. The Balaban J connectivity index is 2.44. The van der Waals surface area contributed by atoms with Gasteiger partial charge in [-0.05, 0) is 31.6 Å². The van der Waals surface area contributed by atoms with E-state index in [1.807, 2.05) is 0 Å². The van der Waals surface area contributed by atoms with Crippen LogP contribution in [0, 0.1) is 24.2 Å². The predicted octanol–water partition coefficient (Wildman–Crippen LogP) is 2.81. The summed E-state index contributed by atoms with van der Waals surface area (Å²) < 4.78 is 0. The van der Waals surface area contributed by atoms with E-state index in [1.54, 1.807) is 0 Å². The third-order valence-electron chi connectivity index (χ3n) is 3.45. The molecule has 1 fully saturated rings. The van der Waals surface area contributed by atoms with Gasteiger partial charge in [-0.1, -0.05) is 20.3 Å². The van der Waals surface area contributed by atoms with E-state index in [0.717, 1.165) is 18.3 Å². The molecule has 3 atom stereocenters. The van der Waals surface area contributed by atoms with Crippen LogP contribution < -0.4 is 5.32 Å². The monoisotopic (exact) mass is 193 g/mol. The molecule has 1 aliphatic rings. The van der Waals surface area contributed by atoms with Crippen LogP contribution in [-0.4, -0.2) is 12.1 Å². The Morgan fingerprint density at radius 2 is 1.93 bits per heavy atom. The first-order chi connectivity index (χ1) is 6.65. The zero-order valence-electron chi connectivity index (χ0n) is 9.72. The summed E-state index contributed by atoms with van der Waals surface area (Å²) in [5, 5.41) is 3.68. The fraction of sp³-hybridized carbons (Fsp3) is 0.846. The molecule has 0 heterocycles. The third kappa shape index (κ3) is 3.03. The lowest BCUT2D eigenvalue weighted by Gasteiger charge is -2.37. The Labute approximate surface area is 88.7 Å². The van der Waals surface area contributed by atoms with Crippen molar-refractivity contribution in [2.75, 3.05) is 0 Å². The Hall–Kier alpha value is -0.480. The van der Waals surface area contributed by atoms with E-state index in [0.29, 0.717) is 12.1 Å². The van der Waals surface area contributed by atoms with Crippen LogP contribution in [-0.2, 0) is 0 Å². The molecule has 0 amide bonds. The van der Waals surface area contributed by atoms with Crippen LogP contribution in [0.15, 0.2) is 0 Å². The maximum Gasteiger partial charge on any atom is 0.0238 e. The molecule has 1 N–H and O–H groups in total. The van der Waals surface area contributed by atoms with Crippen LogP contribution in [0.3, 0.4) is 0 Å². The molecular formula is C13H23N. The minimum Gasteiger partial charge on any atom is -0.310 e. The maximum absolute atomic E-state index is 5.31. The van der Waals surface area contributed by atoms with E-state index in [2.05, 4.69) is 32.0 Å². The normalized spacial score (nSPS) is 34.9. The van der Waals surface area contributed by atoms with Gasteiger partial charge in [0.1, 0.15) is 0 Å². The SMILES string of the molecule is C#CCC(C)NC1C(C)CCCC1C. The summed E-state index contributed by atoms with van der Waals surface area (Å²) in [6.45, 7) is 6.90. The molecule has 0 aliphatic heterocycles. The molecule has 3 unspecified atom stereocenters. The van der Waals surface area contributed by atoms with E-state index in [4.69, 9.17) is 6.42 Å². The maximum atomic E-state index is 5.31. The van der Waals surface area contributed by atoms with Crippen molar-refractivity contribution in [3.8, 4) is 12.3 Å². The molecule has 1 heteroatoms. The van der Waals surface area contributed by atoms with Crippen LogP contribution in [0.2, 0.25) is 0 Å². The van der Waals surface area contributed by atoms with Crippen LogP contribution in [0.1, 0.15) is 46.5 Å². The van der Waals surface area contributed by atoms with E-state index < -0.39 is 0 Å². The van der Waals surface area contributed by atoms with Crippen molar-refractivity contribution in [3.05, 3.63) is 0 Å². The van der Waals surface area contributed by atoms with Gasteiger partial charge in [0.2, 0.25) is 0 Å². The molecule has 1 aliphatic carbocycles. The summed E-state index contributed by atoms with van der Waals surface area (Å²) in [5.74, 6) is 4.33. The first-order valence-corrected chi connectivity index (χ1v) is 5.84. The molecular weight excluding hydrogens is 170 g/mol. The molecule has 0 aromatic carbocycles. The fourth-order valence-corrected chi connectivity index (χ4v) is 2.57. The van der Waals surface area contributed by atoms with Crippen molar-refractivity contribution in [3.63, 3.8) is 0 Å². The first kappa shape index (κ1) is 11.6. The fourth-order valence-electron chi connectivity index (χ4n) is 2.57. The highest BCUT2D eigenvalue weighted by atomic mass is 15.0. The average Bonchev–Trinajstić information content (AvgIpc) is 2.12. The molecule has 0 saturated heterocycles. The molecule has 0 bridgehead atoms. The number of hydrogen-bond donors (Lipinski definition) is 1. The largest absolute Gasteiger partial charge is 0.310 e. The van der Waals surface area contributed by atoms with E-state index in [-0.39, 0.29) is 0 Å². The summed E-state index contributed by atoms with van der Waals surface area (Å²) in [6.07, 6.45) is 10.3. The van der Waals surface area contributed by atoms with Crippen LogP contribution >= 0.6 is 0 Å².